The number of amides is 1. The summed E-state index contributed by atoms with van der Waals surface area (Å²) >= 11 is 0. The van der Waals surface area contributed by atoms with Gasteiger partial charge in [-0.1, -0.05) is 25.1 Å². The van der Waals surface area contributed by atoms with Crippen LogP contribution in [-0.2, 0) is 11.3 Å². The summed E-state index contributed by atoms with van der Waals surface area (Å²) in [7, 11) is 2.14. The van der Waals surface area contributed by atoms with E-state index in [0.717, 1.165) is 32.5 Å². The van der Waals surface area contributed by atoms with Gasteiger partial charge >= 0.3 is 0 Å². The molecule has 5 heteroatoms. The van der Waals surface area contributed by atoms with Gasteiger partial charge in [-0.2, -0.15) is 0 Å². The number of hydrogen-bond donors (Lipinski definition) is 1. The van der Waals surface area contributed by atoms with Gasteiger partial charge in [0.05, 0.1) is 6.10 Å². The molecule has 0 radical (unpaired) electrons. The summed E-state index contributed by atoms with van der Waals surface area (Å²) in [6.45, 7) is 5.89. The third-order valence-electron chi connectivity index (χ3n) is 5.30. The van der Waals surface area contributed by atoms with Crippen LogP contribution >= 0.6 is 0 Å². The molecule has 0 saturated carbocycles. The van der Waals surface area contributed by atoms with Crippen molar-refractivity contribution >= 4 is 11.6 Å². The molecule has 3 rings (SSSR count). The molecule has 2 aliphatic rings. The van der Waals surface area contributed by atoms with Crippen molar-refractivity contribution < 1.29 is 9.90 Å². The number of fused-ring (bicyclic) bond motifs is 1. The molecule has 132 valence electrons. The van der Waals surface area contributed by atoms with Crippen molar-refractivity contribution in [2.45, 2.75) is 44.9 Å². The highest BCUT2D eigenvalue weighted by molar-refractivity contribution is 5.78. The summed E-state index contributed by atoms with van der Waals surface area (Å²) < 4.78 is 0. The molecule has 24 heavy (non-hydrogen) atoms. The van der Waals surface area contributed by atoms with Crippen molar-refractivity contribution in [2.24, 2.45) is 0 Å². The highest BCUT2D eigenvalue weighted by atomic mass is 16.3. The summed E-state index contributed by atoms with van der Waals surface area (Å²) in [4.78, 5) is 18.3. The molecule has 1 fully saturated rings. The average molecular weight is 331 g/mol. The number of rotatable bonds is 5. The van der Waals surface area contributed by atoms with E-state index < -0.39 is 6.10 Å². The second-order valence-corrected chi connectivity index (χ2v) is 7.10. The molecule has 1 aromatic carbocycles. The zero-order chi connectivity index (χ0) is 17.1. The van der Waals surface area contributed by atoms with Gasteiger partial charge in [0.1, 0.15) is 0 Å². The van der Waals surface area contributed by atoms with Gasteiger partial charge in [0.25, 0.3) is 0 Å². The monoisotopic (exact) mass is 331 g/mol. The van der Waals surface area contributed by atoms with Gasteiger partial charge in [-0.25, -0.2) is 0 Å². The standard InChI is InChI=1S/C19H29N3O2/c1-3-16-12-20(2)18-8-5-4-7-15(18)11-22(16)14-17(23)13-21-10-6-9-19(21)24/h4-5,7-8,16-17,23H,3,6,9-14H2,1-2H3. The summed E-state index contributed by atoms with van der Waals surface area (Å²) in [6.07, 6.45) is 2.11. The Kier molecular flexibility index (Phi) is 5.41. The minimum atomic E-state index is -0.489. The normalized spacial score (nSPS) is 23.3. The Bertz CT molecular complexity index is 577. The first-order valence-corrected chi connectivity index (χ1v) is 9.07. The summed E-state index contributed by atoms with van der Waals surface area (Å²) in [5, 5.41) is 10.5. The lowest BCUT2D eigenvalue weighted by Crippen LogP contribution is -2.46. The Morgan fingerprint density at radius 2 is 2.08 bits per heavy atom. The lowest BCUT2D eigenvalue weighted by atomic mass is 10.1. The van der Waals surface area contributed by atoms with E-state index in [1.165, 1.54) is 11.3 Å². The Hall–Kier alpha value is -1.59. The molecule has 1 amide bonds. The number of aliphatic hydroxyl groups is 1. The number of para-hydroxylation sites is 1. The zero-order valence-electron chi connectivity index (χ0n) is 14.8. The summed E-state index contributed by atoms with van der Waals surface area (Å²) in [6, 6.07) is 8.92. The van der Waals surface area contributed by atoms with Crippen LogP contribution in [0, 0.1) is 0 Å². The van der Waals surface area contributed by atoms with Crippen LogP contribution in [0.1, 0.15) is 31.7 Å². The van der Waals surface area contributed by atoms with Crippen LogP contribution in [0.5, 0.6) is 0 Å². The van der Waals surface area contributed by atoms with Gasteiger partial charge in [0.2, 0.25) is 5.91 Å². The third kappa shape index (κ3) is 3.73. The number of β-amino-alcohol motifs (C(OH)–C–C–N with tert-alkyl or cyclic N) is 1. The van der Waals surface area contributed by atoms with E-state index in [0.29, 0.717) is 25.6 Å². The topological polar surface area (TPSA) is 47.0 Å². The van der Waals surface area contributed by atoms with E-state index in [2.05, 4.69) is 48.0 Å². The number of carbonyl (C=O) groups excluding carboxylic acids is 1. The van der Waals surface area contributed by atoms with Crippen LogP contribution in [0.15, 0.2) is 24.3 Å². The van der Waals surface area contributed by atoms with Crippen LogP contribution in [0.25, 0.3) is 0 Å². The predicted octanol–water partition coefficient (Wildman–Crippen LogP) is 1.70. The van der Waals surface area contributed by atoms with Gasteiger partial charge in [-0.3, -0.25) is 9.69 Å². The van der Waals surface area contributed by atoms with Crippen LogP contribution in [0.2, 0.25) is 0 Å². The maximum atomic E-state index is 11.8. The van der Waals surface area contributed by atoms with Crippen LogP contribution in [-0.4, -0.2) is 66.2 Å². The van der Waals surface area contributed by atoms with Crippen LogP contribution in [0.3, 0.4) is 0 Å². The van der Waals surface area contributed by atoms with Gasteiger partial charge in [0, 0.05) is 57.9 Å². The fourth-order valence-corrected chi connectivity index (χ4v) is 3.98. The lowest BCUT2D eigenvalue weighted by Gasteiger charge is -2.33. The molecule has 2 aliphatic heterocycles. The molecule has 0 aliphatic carbocycles. The van der Waals surface area contributed by atoms with Crippen molar-refractivity contribution in [3.05, 3.63) is 29.8 Å². The van der Waals surface area contributed by atoms with Gasteiger partial charge in [-0.05, 0) is 24.5 Å². The molecule has 0 aromatic heterocycles. The summed E-state index contributed by atoms with van der Waals surface area (Å²) in [5.74, 6) is 0.182. The fourth-order valence-electron chi connectivity index (χ4n) is 3.98. The largest absolute Gasteiger partial charge is 0.390 e. The van der Waals surface area contributed by atoms with Gasteiger partial charge in [0.15, 0.2) is 0 Å². The molecule has 2 unspecified atom stereocenters. The van der Waals surface area contributed by atoms with Crippen LogP contribution < -0.4 is 4.90 Å². The van der Waals surface area contributed by atoms with E-state index in [-0.39, 0.29) is 5.91 Å². The predicted molar refractivity (Wildman–Crippen MR) is 96.0 cm³/mol. The number of benzene rings is 1. The number of aliphatic hydroxyl groups excluding tert-OH is 1. The fraction of sp³-hybridized carbons (Fsp3) is 0.632. The first kappa shape index (κ1) is 17.2. The van der Waals surface area contributed by atoms with E-state index in [1.807, 2.05) is 4.90 Å². The number of likely N-dealkylation sites (N-methyl/N-ethyl adjacent to an activating group) is 1. The van der Waals surface area contributed by atoms with Crippen molar-refractivity contribution in [2.75, 3.05) is 38.1 Å². The quantitative estimate of drug-likeness (QED) is 0.892. The lowest BCUT2D eigenvalue weighted by molar-refractivity contribution is -0.129. The van der Waals surface area contributed by atoms with Crippen molar-refractivity contribution in [1.82, 2.24) is 9.80 Å². The van der Waals surface area contributed by atoms with E-state index in [1.54, 1.807) is 0 Å². The van der Waals surface area contributed by atoms with Crippen molar-refractivity contribution in [1.29, 1.82) is 0 Å². The smallest absolute Gasteiger partial charge is 0.222 e. The molecule has 2 atom stereocenters. The highest BCUT2D eigenvalue weighted by Crippen LogP contribution is 2.27. The number of hydrogen-bond acceptors (Lipinski definition) is 4. The molecule has 0 bridgehead atoms. The Morgan fingerprint density at radius 1 is 1.29 bits per heavy atom. The number of anilines is 1. The van der Waals surface area contributed by atoms with E-state index in [9.17, 15) is 9.90 Å². The Morgan fingerprint density at radius 3 is 2.79 bits per heavy atom. The maximum absolute atomic E-state index is 11.8. The maximum Gasteiger partial charge on any atom is 0.222 e. The van der Waals surface area contributed by atoms with Gasteiger partial charge < -0.3 is 14.9 Å². The third-order valence-corrected chi connectivity index (χ3v) is 5.30. The second-order valence-electron chi connectivity index (χ2n) is 7.10. The minimum absolute atomic E-state index is 0.182. The molecular weight excluding hydrogens is 302 g/mol. The van der Waals surface area contributed by atoms with E-state index >= 15 is 0 Å². The second kappa shape index (κ2) is 7.53. The SMILES string of the molecule is CCC1CN(C)c2ccccc2CN1CC(O)CN1CCCC1=O. The van der Waals surface area contributed by atoms with Crippen molar-refractivity contribution in [3.63, 3.8) is 0 Å². The number of nitrogens with zero attached hydrogens (tertiary/aromatic N) is 3. The van der Waals surface area contributed by atoms with Crippen LogP contribution in [0.4, 0.5) is 5.69 Å². The summed E-state index contributed by atoms with van der Waals surface area (Å²) in [5.41, 5.74) is 2.59. The molecule has 1 saturated heterocycles. The van der Waals surface area contributed by atoms with E-state index in [4.69, 9.17) is 0 Å². The van der Waals surface area contributed by atoms with Crippen molar-refractivity contribution in [3.8, 4) is 0 Å². The highest BCUT2D eigenvalue weighted by Gasteiger charge is 2.28. The molecule has 1 N–H and O–H groups in total. The minimum Gasteiger partial charge on any atom is -0.390 e. The Balaban J connectivity index is 1.69. The zero-order valence-corrected chi connectivity index (χ0v) is 14.8. The first-order chi connectivity index (χ1) is 11.6. The van der Waals surface area contributed by atoms with Gasteiger partial charge in [-0.15, -0.1) is 0 Å². The average Bonchev–Trinajstić information content (AvgIpc) is 2.90. The molecule has 1 aromatic rings. The number of carbonyl (C=O) groups is 1. The first-order valence-electron chi connectivity index (χ1n) is 9.07. The molecule has 0 spiro atoms. The molecular formula is C19H29N3O2. The number of likely N-dealkylation sites (tertiary alicyclic amines) is 1. The molecule has 5 nitrogen and oxygen atoms in total. The molecule has 2 heterocycles. The Labute approximate surface area is 144 Å².